The van der Waals surface area contributed by atoms with E-state index in [1.165, 1.54) is 11.6 Å². The first-order valence-electron chi connectivity index (χ1n) is 10.5. The van der Waals surface area contributed by atoms with Crippen molar-refractivity contribution in [2.75, 3.05) is 11.4 Å². The highest BCUT2D eigenvalue weighted by Crippen LogP contribution is 2.34. The van der Waals surface area contributed by atoms with Crippen LogP contribution < -0.4 is 10.2 Å². The van der Waals surface area contributed by atoms with Gasteiger partial charge >= 0.3 is 0 Å². The number of nitrogens with zero attached hydrogens (tertiary/aromatic N) is 1. The summed E-state index contributed by atoms with van der Waals surface area (Å²) in [5, 5.41) is 2.86. The van der Waals surface area contributed by atoms with Gasteiger partial charge in [-0.25, -0.2) is 4.39 Å². The maximum atomic E-state index is 13.7. The third-order valence-corrected chi connectivity index (χ3v) is 6.23. The number of benzene rings is 2. The van der Waals surface area contributed by atoms with Crippen molar-refractivity contribution in [3.63, 3.8) is 0 Å². The second-order valence-electron chi connectivity index (χ2n) is 8.08. The summed E-state index contributed by atoms with van der Waals surface area (Å²) in [6, 6.07) is 14.6. The fourth-order valence-corrected chi connectivity index (χ4v) is 4.55. The Labute approximate surface area is 171 Å². The standard InChI is InChI=1S/C24H27FN2O2/c25-21-9-3-1-7-20(21)16-26-23(28)18-11-13-19(14-12-18)24(29)27-15-5-8-17-6-2-4-10-22(17)27/h1-4,6-7,9-10,18-19H,5,8,11-16H2,(H,26,28). The number of aryl methyl sites for hydroxylation is 1. The van der Waals surface area contributed by atoms with Gasteiger partial charge in [-0.1, -0.05) is 36.4 Å². The molecule has 29 heavy (non-hydrogen) atoms. The van der Waals surface area contributed by atoms with Gasteiger partial charge in [0.05, 0.1) is 0 Å². The van der Waals surface area contributed by atoms with Gasteiger partial charge in [0.15, 0.2) is 0 Å². The number of nitrogens with one attached hydrogen (secondary N) is 1. The zero-order valence-electron chi connectivity index (χ0n) is 16.6. The Morgan fingerprint density at radius 2 is 1.66 bits per heavy atom. The van der Waals surface area contributed by atoms with Gasteiger partial charge in [0.2, 0.25) is 11.8 Å². The van der Waals surface area contributed by atoms with Gasteiger partial charge < -0.3 is 10.2 Å². The summed E-state index contributed by atoms with van der Waals surface area (Å²) in [6.07, 6.45) is 4.89. The molecule has 5 heteroatoms. The summed E-state index contributed by atoms with van der Waals surface area (Å²) in [5.41, 5.74) is 2.79. The number of carbonyl (C=O) groups excluding carboxylic acids is 2. The molecule has 1 aliphatic carbocycles. The first-order valence-corrected chi connectivity index (χ1v) is 10.5. The summed E-state index contributed by atoms with van der Waals surface area (Å²) < 4.78 is 13.7. The molecule has 1 fully saturated rings. The number of halogens is 1. The minimum Gasteiger partial charge on any atom is -0.352 e. The molecule has 4 nitrogen and oxygen atoms in total. The molecule has 0 aromatic heterocycles. The van der Waals surface area contributed by atoms with Crippen molar-refractivity contribution >= 4 is 17.5 Å². The normalized spacial score (nSPS) is 21.3. The number of hydrogen-bond acceptors (Lipinski definition) is 2. The molecule has 2 aromatic rings. The Kier molecular flexibility index (Phi) is 5.93. The SMILES string of the molecule is O=C(NCc1ccccc1F)C1CCC(C(=O)N2CCCc3ccccc32)CC1. The summed E-state index contributed by atoms with van der Waals surface area (Å²) in [4.78, 5) is 27.6. The van der Waals surface area contributed by atoms with E-state index < -0.39 is 0 Å². The van der Waals surface area contributed by atoms with Crippen LogP contribution in [0.4, 0.5) is 10.1 Å². The minimum absolute atomic E-state index is 0.0169. The van der Waals surface area contributed by atoms with Crippen LogP contribution >= 0.6 is 0 Å². The molecule has 0 saturated heterocycles. The topological polar surface area (TPSA) is 49.4 Å². The largest absolute Gasteiger partial charge is 0.352 e. The highest BCUT2D eigenvalue weighted by atomic mass is 19.1. The van der Waals surface area contributed by atoms with E-state index in [2.05, 4.69) is 11.4 Å². The molecule has 1 heterocycles. The first kappa shape index (κ1) is 19.6. The number of hydrogen-bond donors (Lipinski definition) is 1. The van der Waals surface area contributed by atoms with Gasteiger partial charge in [-0.3, -0.25) is 9.59 Å². The van der Waals surface area contributed by atoms with Crippen LogP contribution in [-0.4, -0.2) is 18.4 Å². The maximum absolute atomic E-state index is 13.7. The smallest absolute Gasteiger partial charge is 0.230 e. The van der Waals surface area contributed by atoms with Crippen LogP contribution in [-0.2, 0) is 22.6 Å². The van der Waals surface area contributed by atoms with Gasteiger partial charge in [0.25, 0.3) is 0 Å². The van der Waals surface area contributed by atoms with Crippen LogP contribution in [0.2, 0.25) is 0 Å². The molecule has 4 rings (SSSR count). The molecule has 2 aliphatic rings. The van der Waals surface area contributed by atoms with E-state index in [-0.39, 0.29) is 36.0 Å². The lowest BCUT2D eigenvalue weighted by atomic mass is 9.80. The van der Waals surface area contributed by atoms with E-state index in [0.29, 0.717) is 18.4 Å². The van der Waals surface area contributed by atoms with Crippen LogP contribution in [0.5, 0.6) is 0 Å². The van der Waals surface area contributed by atoms with Crippen molar-refractivity contribution < 1.29 is 14.0 Å². The molecule has 1 aliphatic heterocycles. The van der Waals surface area contributed by atoms with Crippen LogP contribution in [0.1, 0.15) is 43.2 Å². The monoisotopic (exact) mass is 394 g/mol. The molecule has 0 spiro atoms. The zero-order chi connectivity index (χ0) is 20.2. The van der Waals surface area contributed by atoms with Gasteiger partial charge in [-0.2, -0.15) is 0 Å². The second kappa shape index (κ2) is 8.76. The lowest BCUT2D eigenvalue weighted by Gasteiger charge is -2.35. The first-order chi connectivity index (χ1) is 14.1. The quantitative estimate of drug-likeness (QED) is 0.844. The van der Waals surface area contributed by atoms with E-state index in [1.807, 2.05) is 23.1 Å². The van der Waals surface area contributed by atoms with Crippen LogP contribution in [0.25, 0.3) is 0 Å². The maximum Gasteiger partial charge on any atom is 0.230 e. The number of rotatable bonds is 4. The molecule has 152 valence electrons. The number of amides is 2. The molecular formula is C24H27FN2O2. The Morgan fingerprint density at radius 3 is 2.45 bits per heavy atom. The molecule has 1 saturated carbocycles. The molecule has 0 atom stereocenters. The van der Waals surface area contributed by atoms with E-state index in [9.17, 15) is 14.0 Å². The van der Waals surface area contributed by atoms with Crippen molar-refractivity contribution in [1.29, 1.82) is 0 Å². The Balaban J connectivity index is 1.31. The third-order valence-electron chi connectivity index (χ3n) is 6.23. The zero-order valence-corrected chi connectivity index (χ0v) is 16.6. The number of fused-ring (bicyclic) bond motifs is 1. The molecule has 2 aromatic carbocycles. The van der Waals surface area contributed by atoms with Crippen LogP contribution in [0.15, 0.2) is 48.5 Å². The van der Waals surface area contributed by atoms with Gasteiger partial charge in [0.1, 0.15) is 5.82 Å². The highest BCUT2D eigenvalue weighted by molar-refractivity contribution is 5.96. The van der Waals surface area contributed by atoms with E-state index in [1.54, 1.807) is 18.2 Å². The van der Waals surface area contributed by atoms with E-state index in [0.717, 1.165) is 37.9 Å². The van der Waals surface area contributed by atoms with E-state index >= 15 is 0 Å². The summed E-state index contributed by atoms with van der Waals surface area (Å²) in [6.45, 7) is 0.980. The molecule has 1 N–H and O–H groups in total. The lowest BCUT2D eigenvalue weighted by Crippen LogP contribution is -2.42. The Hall–Kier alpha value is -2.69. The molecular weight excluding hydrogens is 367 g/mol. The average molecular weight is 394 g/mol. The molecule has 0 unspecified atom stereocenters. The Morgan fingerprint density at radius 1 is 0.966 bits per heavy atom. The third kappa shape index (κ3) is 4.34. The fourth-order valence-electron chi connectivity index (χ4n) is 4.55. The van der Waals surface area contributed by atoms with Crippen molar-refractivity contribution in [1.82, 2.24) is 5.32 Å². The lowest BCUT2D eigenvalue weighted by molar-refractivity contribution is -0.129. The van der Waals surface area contributed by atoms with Crippen LogP contribution in [0, 0.1) is 17.7 Å². The van der Waals surface area contributed by atoms with Crippen molar-refractivity contribution in [2.24, 2.45) is 11.8 Å². The Bertz CT molecular complexity index is 890. The summed E-state index contributed by atoms with van der Waals surface area (Å²) >= 11 is 0. The number of carbonyl (C=O) groups is 2. The van der Waals surface area contributed by atoms with Gasteiger partial charge in [-0.15, -0.1) is 0 Å². The van der Waals surface area contributed by atoms with Crippen molar-refractivity contribution in [2.45, 2.75) is 45.1 Å². The van der Waals surface area contributed by atoms with E-state index in [4.69, 9.17) is 0 Å². The minimum atomic E-state index is -0.302. The molecule has 0 bridgehead atoms. The summed E-state index contributed by atoms with van der Waals surface area (Å²) in [5.74, 6) is -0.259. The second-order valence-corrected chi connectivity index (χ2v) is 8.08. The van der Waals surface area contributed by atoms with Gasteiger partial charge in [0, 0.05) is 36.2 Å². The fraction of sp³-hybridized carbons (Fsp3) is 0.417. The molecule has 0 radical (unpaired) electrons. The van der Waals surface area contributed by atoms with Crippen LogP contribution in [0.3, 0.4) is 0 Å². The number of para-hydroxylation sites is 1. The highest BCUT2D eigenvalue weighted by Gasteiger charge is 2.33. The summed E-state index contributed by atoms with van der Waals surface area (Å²) in [7, 11) is 0. The molecule has 2 amide bonds. The predicted octanol–water partition coefficient (Wildman–Crippen LogP) is 4.23. The number of anilines is 1. The average Bonchev–Trinajstić information content (AvgIpc) is 2.77. The van der Waals surface area contributed by atoms with Crippen molar-refractivity contribution in [3.05, 3.63) is 65.5 Å². The van der Waals surface area contributed by atoms with Gasteiger partial charge in [-0.05, 0) is 56.2 Å². The predicted molar refractivity (Wildman–Crippen MR) is 111 cm³/mol. The van der Waals surface area contributed by atoms with Crippen molar-refractivity contribution in [3.8, 4) is 0 Å².